The SMILES string of the molecule is CCN(CC)Cc1ccccc1CNC(=O)CCNS(=O)(=O)c1ccc2ccccc2c1. The van der Waals surface area contributed by atoms with Gasteiger partial charge in [0.25, 0.3) is 0 Å². The number of carbonyl (C=O) groups excluding carboxylic acids is 1. The molecule has 0 aromatic heterocycles. The Morgan fingerprint density at radius 3 is 2.25 bits per heavy atom. The van der Waals surface area contributed by atoms with Crippen molar-refractivity contribution < 1.29 is 13.2 Å². The molecular weight excluding hydrogens is 422 g/mol. The van der Waals surface area contributed by atoms with Gasteiger partial charge >= 0.3 is 0 Å². The van der Waals surface area contributed by atoms with Gasteiger partial charge < -0.3 is 5.32 Å². The number of sulfonamides is 1. The van der Waals surface area contributed by atoms with Gasteiger partial charge in [0.2, 0.25) is 15.9 Å². The van der Waals surface area contributed by atoms with Crippen LogP contribution in [0.15, 0.2) is 71.6 Å². The Labute approximate surface area is 190 Å². The van der Waals surface area contributed by atoms with Gasteiger partial charge in [-0.2, -0.15) is 0 Å². The molecule has 0 bridgehead atoms. The van der Waals surface area contributed by atoms with Gasteiger partial charge in [0, 0.05) is 26.1 Å². The zero-order chi connectivity index (χ0) is 23.0. The highest BCUT2D eigenvalue weighted by atomic mass is 32.2. The van der Waals surface area contributed by atoms with E-state index in [1.807, 2.05) is 42.5 Å². The molecule has 3 aromatic rings. The third-order valence-corrected chi connectivity index (χ3v) is 7.02. The third-order valence-electron chi connectivity index (χ3n) is 5.56. The molecule has 0 atom stereocenters. The van der Waals surface area contributed by atoms with Crippen molar-refractivity contribution in [1.29, 1.82) is 0 Å². The summed E-state index contributed by atoms with van der Waals surface area (Å²) in [5, 5.41) is 4.74. The summed E-state index contributed by atoms with van der Waals surface area (Å²) in [5.41, 5.74) is 2.26. The number of benzene rings is 3. The van der Waals surface area contributed by atoms with E-state index in [0.717, 1.165) is 36.0 Å². The van der Waals surface area contributed by atoms with E-state index in [9.17, 15) is 13.2 Å². The monoisotopic (exact) mass is 453 g/mol. The Morgan fingerprint density at radius 1 is 0.875 bits per heavy atom. The van der Waals surface area contributed by atoms with Crippen LogP contribution < -0.4 is 10.0 Å². The summed E-state index contributed by atoms with van der Waals surface area (Å²) in [6.45, 7) is 7.50. The molecule has 0 aliphatic heterocycles. The van der Waals surface area contributed by atoms with Gasteiger partial charge in [0.05, 0.1) is 4.90 Å². The fraction of sp³-hybridized carbons (Fsp3) is 0.320. The Bertz CT molecular complexity index is 1160. The van der Waals surface area contributed by atoms with E-state index >= 15 is 0 Å². The largest absolute Gasteiger partial charge is 0.352 e. The van der Waals surface area contributed by atoms with E-state index in [4.69, 9.17) is 0 Å². The maximum atomic E-state index is 12.6. The normalized spacial score (nSPS) is 11.7. The van der Waals surface area contributed by atoms with E-state index in [1.165, 1.54) is 5.56 Å². The molecule has 1 amide bonds. The Balaban J connectivity index is 1.52. The van der Waals surface area contributed by atoms with Crippen LogP contribution in [0.25, 0.3) is 10.8 Å². The molecule has 0 saturated heterocycles. The molecule has 32 heavy (non-hydrogen) atoms. The van der Waals surface area contributed by atoms with Crippen LogP contribution in [0.5, 0.6) is 0 Å². The van der Waals surface area contributed by atoms with Crippen molar-refractivity contribution in [2.45, 2.75) is 38.3 Å². The number of rotatable bonds is 11. The van der Waals surface area contributed by atoms with Gasteiger partial charge in [-0.3, -0.25) is 9.69 Å². The van der Waals surface area contributed by atoms with Crippen molar-refractivity contribution in [3.8, 4) is 0 Å². The van der Waals surface area contributed by atoms with Gasteiger partial charge in [-0.1, -0.05) is 68.4 Å². The lowest BCUT2D eigenvalue weighted by Gasteiger charge is -2.20. The van der Waals surface area contributed by atoms with Crippen LogP contribution in [0.4, 0.5) is 0 Å². The lowest BCUT2D eigenvalue weighted by Crippen LogP contribution is -2.31. The Kier molecular flexibility index (Phi) is 8.39. The van der Waals surface area contributed by atoms with Gasteiger partial charge in [-0.05, 0) is 47.1 Å². The first-order valence-corrected chi connectivity index (χ1v) is 12.5. The van der Waals surface area contributed by atoms with Crippen LogP contribution in [-0.4, -0.2) is 38.9 Å². The highest BCUT2D eigenvalue weighted by Gasteiger charge is 2.15. The van der Waals surface area contributed by atoms with Crippen molar-refractivity contribution in [3.05, 3.63) is 77.9 Å². The summed E-state index contributed by atoms with van der Waals surface area (Å²) in [6.07, 6.45) is 0.0744. The fourth-order valence-corrected chi connectivity index (χ4v) is 4.64. The minimum Gasteiger partial charge on any atom is -0.352 e. The predicted molar refractivity (Wildman–Crippen MR) is 129 cm³/mol. The van der Waals surface area contributed by atoms with Crippen molar-refractivity contribution in [3.63, 3.8) is 0 Å². The zero-order valence-corrected chi connectivity index (χ0v) is 19.5. The average Bonchev–Trinajstić information content (AvgIpc) is 2.81. The van der Waals surface area contributed by atoms with Gasteiger partial charge in [-0.25, -0.2) is 13.1 Å². The number of amides is 1. The maximum absolute atomic E-state index is 12.6. The lowest BCUT2D eigenvalue weighted by molar-refractivity contribution is -0.121. The molecule has 0 radical (unpaired) electrons. The summed E-state index contributed by atoms with van der Waals surface area (Å²) in [5.74, 6) is -0.191. The Hall–Kier alpha value is -2.74. The quantitative estimate of drug-likeness (QED) is 0.464. The summed E-state index contributed by atoms with van der Waals surface area (Å²) in [4.78, 5) is 14.8. The number of fused-ring (bicyclic) bond motifs is 1. The topological polar surface area (TPSA) is 78.5 Å². The molecule has 0 fully saturated rings. The first kappa shape index (κ1) is 23.9. The molecule has 0 heterocycles. The smallest absolute Gasteiger partial charge is 0.240 e. The van der Waals surface area contributed by atoms with E-state index in [1.54, 1.807) is 18.2 Å². The summed E-state index contributed by atoms with van der Waals surface area (Å²) in [7, 11) is -3.68. The summed E-state index contributed by atoms with van der Waals surface area (Å²) < 4.78 is 27.7. The summed E-state index contributed by atoms with van der Waals surface area (Å²) in [6, 6.07) is 20.7. The number of hydrogen-bond acceptors (Lipinski definition) is 4. The van der Waals surface area contributed by atoms with Crippen LogP contribution in [0, 0.1) is 0 Å². The lowest BCUT2D eigenvalue weighted by atomic mass is 10.1. The fourth-order valence-electron chi connectivity index (χ4n) is 3.57. The minimum absolute atomic E-state index is 0.0437. The molecule has 170 valence electrons. The van der Waals surface area contributed by atoms with Crippen molar-refractivity contribution in [2.75, 3.05) is 19.6 Å². The average molecular weight is 454 g/mol. The predicted octanol–water partition coefficient (Wildman–Crippen LogP) is 3.67. The molecule has 3 aromatic carbocycles. The molecular formula is C25H31N3O3S. The van der Waals surface area contributed by atoms with Crippen LogP contribution >= 0.6 is 0 Å². The van der Waals surface area contributed by atoms with Crippen molar-refractivity contribution in [1.82, 2.24) is 14.9 Å². The van der Waals surface area contributed by atoms with Crippen LogP contribution in [-0.2, 0) is 27.9 Å². The second-order valence-electron chi connectivity index (χ2n) is 7.66. The minimum atomic E-state index is -3.68. The first-order chi connectivity index (χ1) is 15.4. The maximum Gasteiger partial charge on any atom is 0.240 e. The number of nitrogens with zero attached hydrogens (tertiary/aromatic N) is 1. The van der Waals surface area contributed by atoms with Crippen LogP contribution in [0.3, 0.4) is 0 Å². The first-order valence-electron chi connectivity index (χ1n) is 11.0. The molecule has 0 unspecified atom stereocenters. The van der Waals surface area contributed by atoms with Crippen molar-refractivity contribution in [2.24, 2.45) is 0 Å². The molecule has 3 rings (SSSR count). The zero-order valence-electron chi connectivity index (χ0n) is 18.7. The number of carbonyl (C=O) groups is 1. The van der Waals surface area contributed by atoms with Gasteiger partial charge in [0.15, 0.2) is 0 Å². The van der Waals surface area contributed by atoms with Crippen LogP contribution in [0.2, 0.25) is 0 Å². The highest BCUT2D eigenvalue weighted by Crippen LogP contribution is 2.18. The van der Waals surface area contributed by atoms with E-state index in [-0.39, 0.29) is 23.8 Å². The number of hydrogen-bond donors (Lipinski definition) is 2. The summed E-state index contributed by atoms with van der Waals surface area (Å²) >= 11 is 0. The molecule has 2 N–H and O–H groups in total. The number of nitrogens with one attached hydrogen (secondary N) is 2. The van der Waals surface area contributed by atoms with E-state index in [2.05, 4.69) is 34.9 Å². The van der Waals surface area contributed by atoms with Crippen LogP contribution in [0.1, 0.15) is 31.4 Å². The molecule has 0 spiro atoms. The van der Waals surface area contributed by atoms with Gasteiger partial charge in [0.1, 0.15) is 0 Å². The Morgan fingerprint density at radius 2 is 1.53 bits per heavy atom. The van der Waals surface area contributed by atoms with E-state index < -0.39 is 10.0 Å². The van der Waals surface area contributed by atoms with E-state index in [0.29, 0.717) is 6.54 Å². The second-order valence-corrected chi connectivity index (χ2v) is 9.43. The molecule has 0 saturated carbocycles. The van der Waals surface area contributed by atoms with Gasteiger partial charge in [-0.15, -0.1) is 0 Å². The second kappa shape index (κ2) is 11.2. The molecule has 7 heteroatoms. The molecule has 6 nitrogen and oxygen atoms in total. The standard InChI is InChI=1S/C25H31N3O3S/c1-3-28(4-2)19-23-12-8-7-11-22(23)18-26-25(29)15-16-27-32(30,31)24-14-13-20-9-5-6-10-21(20)17-24/h5-14,17,27H,3-4,15-16,18-19H2,1-2H3,(H,26,29). The van der Waals surface area contributed by atoms with Crippen molar-refractivity contribution >= 4 is 26.7 Å². The third kappa shape index (κ3) is 6.38. The highest BCUT2D eigenvalue weighted by molar-refractivity contribution is 7.89. The molecule has 0 aliphatic rings. The molecule has 0 aliphatic carbocycles.